The molecule has 0 saturated heterocycles. The molecule has 2 aromatic heterocycles. The number of ether oxygens (including phenoxy) is 1. The van der Waals surface area contributed by atoms with Crippen LogP contribution < -0.4 is 4.74 Å². The summed E-state index contributed by atoms with van der Waals surface area (Å²) in [6.45, 7) is 4.40. The molecule has 0 bridgehead atoms. The van der Waals surface area contributed by atoms with E-state index in [9.17, 15) is 0 Å². The third-order valence-corrected chi connectivity index (χ3v) is 4.20. The van der Waals surface area contributed by atoms with Gasteiger partial charge in [-0.2, -0.15) is 0 Å². The van der Waals surface area contributed by atoms with E-state index in [4.69, 9.17) is 9.26 Å². The lowest BCUT2D eigenvalue weighted by molar-refractivity contribution is 0.397. The fraction of sp³-hybridized carbons (Fsp3) is 0.188. The fourth-order valence-electron chi connectivity index (χ4n) is 2.03. The van der Waals surface area contributed by atoms with Gasteiger partial charge in [-0.1, -0.05) is 23.0 Å². The van der Waals surface area contributed by atoms with Gasteiger partial charge >= 0.3 is 0 Å². The van der Waals surface area contributed by atoms with Gasteiger partial charge in [0.15, 0.2) is 5.16 Å². The number of hydrogen-bond donors (Lipinski definition) is 0. The van der Waals surface area contributed by atoms with Crippen LogP contribution in [0.3, 0.4) is 0 Å². The normalized spacial score (nSPS) is 10.7. The second kappa shape index (κ2) is 7.15. The zero-order valence-corrected chi connectivity index (χ0v) is 13.5. The molecule has 118 valence electrons. The fourth-order valence-corrected chi connectivity index (χ4v) is 2.83. The van der Waals surface area contributed by atoms with Crippen molar-refractivity contribution in [2.45, 2.75) is 17.5 Å². The molecule has 0 fully saturated rings. The van der Waals surface area contributed by atoms with Gasteiger partial charge in [0, 0.05) is 18.2 Å². The molecule has 0 amide bonds. The molecular weight excluding hydrogens is 312 g/mol. The van der Waals surface area contributed by atoms with Crippen LogP contribution in [-0.2, 0) is 12.3 Å². The number of benzene rings is 1. The van der Waals surface area contributed by atoms with Crippen LogP contribution in [0.2, 0.25) is 0 Å². The average Bonchev–Trinajstić information content (AvgIpc) is 3.23. The number of allylic oxidation sites excluding steroid dienone is 1. The van der Waals surface area contributed by atoms with Crippen LogP contribution in [0.5, 0.6) is 5.75 Å². The largest absolute Gasteiger partial charge is 0.497 e. The van der Waals surface area contributed by atoms with Crippen molar-refractivity contribution < 1.29 is 9.26 Å². The molecule has 23 heavy (non-hydrogen) atoms. The van der Waals surface area contributed by atoms with Crippen LogP contribution >= 0.6 is 11.8 Å². The van der Waals surface area contributed by atoms with E-state index in [1.165, 1.54) is 0 Å². The third kappa shape index (κ3) is 3.62. The smallest absolute Gasteiger partial charge is 0.191 e. The number of aromatic nitrogens is 4. The van der Waals surface area contributed by atoms with Crippen molar-refractivity contribution in [2.24, 2.45) is 0 Å². The number of nitrogens with zero attached hydrogens (tertiary/aromatic N) is 4. The monoisotopic (exact) mass is 328 g/mol. The van der Waals surface area contributed by atoms with Crippen LogP contribution in [0.25, 0.3) is 11.3 Å². The summed E-state index contributed by atoms with van der Waals surface area (Å²) in [5, 5.41) is 12.9. The summed E-state index contributed by atoms with van der Waals surface area (Å²) in [6.07, 6.45) is 3.50. The van der Waals surface area contributed by atoms with Gasteiger partial charge in [0.2, 0.25) is 0 Å². The Morgan fingerprint density at radius 2 is 2.17 bits per heavy atom. The zero-order valence-electron chi connectivity index (χ0n) is 12.7. The molecule has 0 aliphatic carbocycles. The van der Waals surface area contributed by atoms with E-state index < -0.39 is 0 Å². The summed E-state index contributed by atoms with van der Waals surface area (Å²) in [4.78, 5) is 0. The van der Waals surface area contributed by atoms with Gasteiger partial charge in [0.05, 0.1) is 12.9 Å². The van der Waals surface area contributed by atoms with Gasteiger partial charge in [-0.3, -0.25) is 0 Å². The minimum Gasteiger partial charge on any atom is -0.497 e. The maximum absolute atomic E-state index is 5.39. The molecule has 0 saturated carbocycles. The predicted octanol–water partition coefficient (Wildman–Crippen LogP) is 3.42. The van der Waals surface area contributed by atoms with Crippen molar-refractivity contribution >= 4 is 11.8 Å². The van der Waals surface area contributed by atoms with Crippen molar-refractivity contribution in [3.63, 3.8) is 0 Å². The maximum atomic E-state index is 5.39. The van der Waals surface area contributed by atoms with Crippen LogP contribution in [0.15, 0.2) is 59.0 Å². The van der Waals surface area contributed by atoms with E-state index >= 15 is 0 Å². The van der Waals surface area contributed by atoms with E-state index in [1.807, 2.05) is 41.0 Å². The maximum Gasteiger partial charge on any atom is 0.191 e. The Kier molecular flexibility index (Phi) is 4.77. The average molecular weight is 328 g/mol. The first-order valence-corrected chi connectivity index (χ1v) is 8.00. The van der Waals surface area contributed by atoms with Crippen LogP contribution in [0.4, 0.5) is 0 Å². The van der Waals surface area contributed by atoms with Gasteiger partial charge in [-0.15, -0.1) is 16.8 Å². The number of thioether (sulfide) groups is 1. The summed E-state index contributed by atoms with van der Waals surface area (Å²) in [7, 11) is 1.64. The molecule has 0 N–H and O–H groups in total. The summed E-state index contributed by atoms with van der Waals surface area (Å²) in [5.74, 6) is 2.24. The standard InChI is InChI=1S/C16H16N4O2S/c1-3-8-20-11-17-18-16(20)23-10-14-9-15(19-22-14)12-4-6-13(21-2)7-5-12/h3-7,9,11H,1,8,10H2,2H3. The van der Waals surface area contributed by atoms with E-state index in [0.29, 0.717) is 12.3 Å². The molecule has 0 unspecified atom stereocenters. The van der Waals surface area contributed by atoms with Gasteiger partial charge in [0.1, 0.15) is 23.5 Å². The van der Waals surface area contributed by atoms with Gasteiger partial charge < -0.3 is 13.8 Å². The van der Waals surface area contributed by atoms with Crippen molar-refractivity contribution in [1.82, 2.24) is 19.9 Å². The van der Waals surface area contributed by atoms with Crippen LogP contribution in [0.1, 0.15) is 5.76 Å². The SMILES string of the molecule is C=CCn1cnnc1SCc1cc(-c2ccc(OC)cc2)no1. The molecule has 0 radical (unpaired) electrons. The zero-order chi connectivity index (χ0) is 16.1. The Labute approximate surface area is 138 Å². The first-order valence-electron chi connectivity index (χ1n) is 7.01. The Morgan fingerprint density at radius 3 is 2.91 bits per heavy atom. The lowest BCUT2D eigenvalue weighted by Gasteiger charge is -2.00. The lowest BCUT2D eigenvalue weighted by Crippen LogP contribution is -1.95. The van der Waals surface area contributed by atoms with Crippen molar-refractivity contribution in [2.75, 3.05) is 7.11 Å². The second-order valence-electron chi connectivity index (χ2n) is 4.75. The number of rotatable bonds is 7. The Hall–Kier alpha value is -2.54. The molecule has 0 spiro atoms. The number of methoxy groups -OCH3 is 1. The minimum atomic E-state index is 0.638. The second-order valence-corrected chi connectivity index (χ2v) is 5.69. The molecule has 0 aliphatic heterocycles. The van der Waals surface area contributed by atoms with E-state index in [-0.39, 0.29) is 0 Å². The molecule has 2 heterocycles. The highest BCUT2D eigenvalue weighted by atomic mass is 32.2. The van der Waals surface area contributed by atoms with E-state index in [2.05, 4.69) is 21.9 Å². The molecule has 3 rings (SSSR count). The molecule has 1 aromatic carbocycles. The van der Waals surface area contributed by atoms with Gasteiger partial charge in [0.25, 0.3) is 0 Å². The first kappa shape index (κ1) is 15.4. The Bertz CT molecular complexity index is 779. The molecule has 0 aliphatic rings. The highest BCUT2D eigenvalue weighted by molar-refractivity contribution is 7.98. The molecule has 7 heteroatoms. The van der Waals surface area contributed by atoms with Gasteiger partial charge in [-0.25, -0.2) is 0 Å². The summed E-state index contributed by atoms with van der Waals surface area (Å²) in [6, 6.07) is 9.64. The van der Waals surface area contributed by atoms with Crippen molar-refractivity contribution in [3.8, 4) is 17.0 Å². The van der Waals surface area contributed by atoms with Crippen LogP contribution in [0, 0.1) is 0 Å². The van der Waals surface area contributed by atoms with Crippen molar-refractivity contribution in [3.05, 3.63) is 55.1 Å². The molecule has 0 atom stereocenters. The summed E-state index contributed by atoms with van der Waals surface area (Å²) < 4.78 is 12.5. The van der Waals surface area contributed by atoms with Crippen molar-refractivity contribution in [1.29, 1.82) is 0 Å². The molecular formula is C16H16N4O2S. The molecule has 6 nitrogen and oxygen atoms in total. The Balaban J connectivity index is 1.67. The predicted molar refractivity (Wildman–Crippen MR) is 88.3 cm³/mol. The van der Waals surface area contributed by atoms with Crippen LogP contribution in [-0.4, -0.2) is 27.0 Å². The molecule has 3 aromatic rings. The first-order chi connectivity index (χ1) is 11.3. The summed E-state index contributed by atoms with van der Waals surface area (Å²) in [5.41, 5.74) is 1.79. The number of hydrogen-bond acceptors (Lipinski definition) is 6. The highest BCUT2D eigenvalue weighted by Gasteiger charge is 2.10. The van der Waals surface area contributed by atoms with E-state index in [0.717, 1.165) is 27.9 Å². The lowest BCUT2D eigenvalue weighted by atomic mass is 10.1. The quantitative estimate of drug-likeness (QED) is 0.489. The topological polar surface area (TPSA) is 66.0 Å². The summed E-state index contributed by atoms with van der Waals surface area (Å²) >= 11 is 1.55. The van der Waals surface area contributed by atoms with Gasteiger partial charge in [-0.05, 0) is 24.3 Å². The van der Waals surface area contributed by atoms with E-state index in [1.54, 1.807) is 25.2 Å². The third-order valence-electron chi connectivity index (χ3n) is 3.19. The Morgan fingerprint density at radius 1 is 1.35 bits per heavy atom. The highest BCUT2D eigenvalue weighted by Crippen LogP contribution is 2.25. The minimum absolute atomic E-state index is 0.638.